The summed E-state index contributed by atoms with van der Waals surface area (Å²) in [6.07, 6.45) is 1.67. The Balaban J connectivity index is 0. The van der Waals surface area contributed by atoms with Gasteiger partial charge in [0.15, 0.2) is 0 Å². The maximum Gasteiger partial charge on any atom is 0.0118 e. The van der Waals surface area contributed by atoms with Crippen LogP contribution in [0.2, 0.25) is 0 Å². The highest BCUT2D eigenvalue weighted by Gasteiger charge is 1.53. The highest BCUT2D eigenvalue weighted by molar-refractivity contribution is 6.25. The van der Waals surface area contributed by atoms with Crippen molar-refractivity contribution >= 4 is 24.0 Å². The van der Waals surface area contributed by atoms with Crippen LogP contribution in [0.1, 0.15) is 0 Å². The summed E-state index contributed by atoms with van der Waals surface area (Å²) >= 11 is 5.04. The molecule has 0 bridgehead atoms. The zero-order chi connectivity index (χ0) is 4.12. The van der Waals surface area contributed by atoms with Gasteiger partial charge in [-0.1, -0.05) is 17.7 Å². The number of halogens is 2. The summed E-state index contributed by atoms with van der Waals surface area (Å²) in [7, 11) is 0. The van der Waals surface area contributed by atoms with Crippen LogP contribution in [-0.4, -0.2) is 6.54 Å². The summed E-state index contributed by atoms with van der Waals surface area (Å²) in [5.41, 5.74) is 6.37. The number of hydrogen-bond donors (Lipinski definition) is 1. The summed E-state index contributed by atoms with van der Waals surface area (Å²) in [5.74, 6) is 0. The fraction of sp³-hybridized carbons (Fsp3) is 0.333. The molecule has 0 aliphatic heterocycles. The third-order valence-electron chi connectivity index (χ3n) is 0.225. The molecule has 0 radical (unpaired) electrons. The molecule has 2 N–H and O–H groups in total. The van der Waals surface area contributed by atoms with Crippen LogP contribution in [0.15, 0.2) is 11.6 Å². The number of rotatable bonds is 1. The molecule has 0 saturated heterocycles. The van der Waals surface area contributed by atoms with E-state index < -0.39 is 0 Å². The average molecular weight is 128 g/mol. The molecule has 0 atom stereocenters. The lowest BCUT2D eigenvalue weighted by Crippen LogP contribution is -1.90. The lowest BCUT2D eigenvalue weighted by molar-refractivity contribution is 1.26. The van der Waals surface area contributed by atoms with E-state index >= 15 is 0 Å². The van der Waals surface area contributed by atoms with Gasteiger partial charge in [0.2, 0.25) is 0 Å². The van der Waals surface area contributed by atoms with Gasteiger partial charge in [-0.2, -0.15) is 0 Å². The van der Waals surface area contributed by atoms with Gasteiger partial charge in [-0.25, -0.2) is 0 Å². The van der Waals surface area contributed by atoms with Crippen molar-refractivity contribution in [2.45, 2.75) is 0 Å². The zero-order valence-corrected chi connectivity index (χ0v) is 4.80. The Hall–Kier alpha value is 0.280. The SMILES string of the molecule is Cl.NCC=CCl. The summed E-state index contributed by atoms with van der Waals surface area (Å²) in [6.45, 7) is 0.531. The summed E-state index contributed by atoms with van der Waals surface area (Å²) in [4.78, 5) is 0. The van der Waals surface area contributed by atoms with Crippen LogP contribution >= 0.6 is 24.0 Å². The molecule has 0 aliphatic carbocycles. The van der Waals surface area contributed by atoms with Gasteiger partial charge in [0.05, 0.1) is 0 Å². The smallest absolute Gasteiger partial charge is 0.0118 e. The molecule has 0 aromatic rings. The monoisotopic (exact) mass is 127 g/mol. The second kappa shape index (κ2) is 8.99. The molecule has 0 amide bonds. The summed E-state index contributed by atoms with van der Waals surface area (Å²) in [5, 5.41) is 0. The average Bonchev–Trinajstić information content (AvgIpc) is 1.41. The quantitative estimate of drug-likeness (QED) is 0.562. The molecule has 0 spiro atoms. The van der Waals surface area contributed by atoms with Crippen LogP contribution in [0.3, 0.4) is 0 Å². The molecule has 0 aromatic carbocycles. The molecule has 0 fully saturated rings. The molecular weight excluding hydrogens is 121 g/mol. The van der Waals surface area contributed by atoms with Gasteiger partial charge in [0.25, 0.3) is 0 Å². The van der Waals surface area contributed by atoms with E-state index in [2.05, 4.69) is 0 Å². The van der Waals surface area contributed by atoms with Gasteiger partial charge in [-0.05, 0) is 0 Å². The van der Waals surface area contributed by atoms with Gasteiger partial charge < -0.3 is 5.73 Å². The number of hydrogen-bond acceptors (Lipinski definition) is 1. The summed E-state index contributed by atoms with van der Waals surface area (Å²) < 4.78 is 0. The minimum Gasteiger partial charge on any atom is -0.327 e. The molecule has 1 nitrogen and oxygen atoms in total. The Morgan fingerprint density at radius 3 is 2.17 bits per heavy atom. The lowest BCUT2D eigenvalue weighted by atomic mass is 10.7. The van der Waals surface area contributed by atoms with Crippen molar-refractivity contribution in [1.82, 2.24) is 0 Å². The van der Waals surface area contributed by atoms with Crippen molar-refractivity contribution in [2.24, 2.45) is 5.73 Å². The third-order valence-corrected chi connectivity index (χ3v) is 0.403. The summed E-state index contributed by atoms with van der Waals surface area (Å²) in [6, 6.07) is 0. The first-order valence-corrected chi connectivity index (χ1v) is 1.80. The standard InChI is InChI=1S/C3H6ClN.ClH/c4-2-1-3-5;/h1-2H,3,5H2;1H. The Bertz CT molecular complexity index is 35.8. The van der Waals surface area contributed by atoms with Gasteiger partial charge in [0.1, 0.15) is 0 Å². The first-order chi connectivity index (χ1) is 2.41. The van der Waals surface area contributed by atoms with E-state index in [0.29, 0.717) is 6.54 Å². The molecular formula is C3H7Cl2N. The van der Waals surface area contributed by atoms with Crippen LogP contribution in [0.25, 0.3) is 0 Å². The topological polar surface area (TPSA) is 26.0 Å². The van der Waals surface area contributed by atoms with Crippen molar-refractivity contribution < 1.29 is 0 Å². The van der Waals surface area contributed by atoms with Gasteiger partial charge in [-0.15, -0.1) is 12.4 Å². The van der Waals surface area contributed by atoms with E-state index in [0.717, 1.165) is 0 Å². The van der Waals surface area contributed by atoms with E-state index in [-0.39, 0.29) is 12.4 Å². The fourth-order valence-electron chi connectivity index (χ4n) is 0.0514. The normalized spacial score (nSPS) is 8.33. The molecule has 0 unspecified atom stereocenters. The van der Waals surface area contributed by atoms with Crippen molar-refractivity contribution in [3.63, 3.8) is 0 Å². The maximum absolute atomic E-state index is 5.04. The fourth-order valence-corrected chi connectivity index (χ4v) is 0.154. The second-order valence-corrected chi connectivity index (χ2v) is 0.849. The van der Waals surface area contributed by atoms with Crippen molar-refractivity contribution in [3.05, 3.63) is 11.6 Å². The maximum atomic E-state index is 5.04. The molecule has 6 heavy (non-hydrogen) atoms. The minimum atomic E-state index is 0. The van der Waals surface area contributed by atoms with Crippen LogP contribution < -0.4 is 5.73 Å². The first-order valence-electron chi connectivity index (χ1n) is 1.37. The van der Waals surface area contributed by atoms with Crippen molar-refractivity contribution in [2.75, 3.05) is 6.54 Å². The largest absolute Gasteiger partial charge is 0.327 e. The highest BCUT2D eigenvalue weighted by Crippen LogP contribution is 1.70. The molecule has 3 heteroatoms. The third kappa shape index (κ3) is 8.86. The van der Waals surface area contributed by atoms with E-state index in [9.17, 15) is 0 Å². The van der Waals surface area contributed by atoms with E-state index in [1.54, 1.807) is 6.08 Å². The van der Waals surface area contributed by atoms with Gasteiger partial charge in [-0.3, -0.25) is 0 Å². The Morgan fingerprint density at radius 2 is 2.17 bits per heavy atom. The second-order valence-electron chi connectivity index (χ2n) is 0.597. The van der Waals surface area contributed by atoms with Crippen molar-refractivity contribution in [1.29, 1.82) is 0 Å². The Labute approximate surface area is 48.6 Å². The van der Waals surface area contributed by atoms with Crippen LogP contribution in [0.5, 0.6) is 0 Å². The van der Waals surface area contributed by atoms with E-state index in [4.69, 9.17) is 17.3 Å². The van der Waals surface area contributed by atoms with E-state index in [1.165, 1.54) is 5.54 Å². The molecule has 0 rings (SSSR count). The zero-order valence-electron chi connectivity index (χ0n) is 3.23. The Morgan fingerprint density at radius 1 is 1.67 bits per heavy atom. The highest BCUT2D eigenvalue weighted by atomic mass is 35.5. The molecule has 0 aliphatic rings. The Kier molecular flexibility index (Phi) is 14.3. The number of nitrogens with two attached hydrogens (primary N) is 1. The van der Waals surface area contributed by atoms with E-state index in [1.807, 2.05) is 0 Å². The molecule has 0 saturated carbocycles. The van der Waals surface area contributed by atoms with Gasteiger partial charge in [0, 0.05) is 12.1 Å². The lowest BCUT2D eigenvalue weighted by Gasteiger charge is -1.65. The van der Waals surface area contributed by atoms with Gasteiger partial charge >= 0.3 is 0 Å². The van der Waals surface area contributed by atoms with Crippen LogP contribution in [-0.2, 0) is 0 Å². The first kappa shape index (κ1) is 9.56. The molecule has 0 heterocycles. The predicted molar refractivity (Wildman–Crippen MR) is 31.3 cm³/mol. The minimum absolute atomic E-state index is 0. The van der Waals surface area contributed by atoms with Crippen LogP contribution in [0, 0.1) is 0 Å². The van der Waals surface area contributed by atoms with Crippen molar-refractivity contribution in [3.8, 4) is 0 Å². The van der Waals surface area contributed by atoms with Crippen LogP contribution in [0.4, 0.5) is 0 Å². The molecule has 38 valence electrons. The predicted octanol–water partition coefficient (Wildman–Crippen LogP) is 1.12. The molecule has 0 aromatic heterocycles.